The Kier molecular flexibility index (Phi) is 5.67. The molecule has 0 aromatic rings. The van der Waals surface area contributed by atoms with E-state index in [1.54, 1.807) is 0 Å². The number of carbonyl (C=O) groups is 2. The van der Waals surface area contributed by atoms with Crippen LogP contribution in [-0.4, -0.2) is 24.4 Å². The molecule has 108 valence electrons. The van der Waals surface area contributed by atoms with Crippen LogP contribution in [0, 0.1) is 5.92 Å². The van der Waals surface area contributed by atoms with E-state index in [-0.39, 0.29) is 6.04 Å². The van der Waals surface area contributed by atoms with Crippen LogP contribution in [0.25, 0.3) is 0 Å². The van der Waals surface area contributed by atoms with Gasteiger partial charge in [0.1, 0.15) is 0 Å². The predicted molar refractivity (Wildman–Crippen MR) is 74.6 cm³/mol. The number of carbonyl (C=O) groups excluding carboxylic acids is 2. The molecule has 2 aliphatic carbocycles. The predicted octanol–water partition coefficient (Wildman–Crippen LogP) is 2.13. The second-order valence-electron chi connectivity index (χ2n) is 6.00. The Balaban J connectivity index is 1.58. The first-order chi connectivity index (χ1) is 9.25. The van der Waals surface area contributed by atoms with Gasteiger partial charge >= 0.3 is 11.8 Å². The lowest BCUT2D eigenvalue weighted by atomic mass is 9.87. The van der Waals surface area contributed by atoms with E-state index in [0.717, 1.165) is 38.0 Å². The maximum atomic E-state index is 11.7. The topological polar surface area (TPSA) is 58.2 Å². The van der Waals surface area contributed by atoms with Crippen molar-refractivity contribution in [3.63, 3.8) is 0 Å². The van der Waals surface area contributed by atoms with Gasteiger partial charge in [-0.15, -0.1) is 0 Å². The van der Waals surface area contributed by atoms with Crippen molar-refractivity contribution in [2.45, 2.75) is 70.3 Å². The molecular weight excluding hydrogens is 240 g/mol. The third-order valence-electron chi connectivity index (χ3n) is 4.46. The molecule has 0 radical (unpaired) electrons. The smallest absolute Gasteiger partial charge is 0.309 e. The van der Waals surface area contributed by atoms with E-state index < -0.39 is 11.8 Å². The lowest BCUT2D eigenvalue weighted by molar-refractivity contribution is -0.139. The summed E-state index contributed by atoms with van der Waals surface area (Å²) >= 11 is 0. The minimum Gasteiger partial charge on any atom is -0.348 e. The van der Waals surface area contributed by atoms with Gasteiger partial charge in [-0.3, -0.25) is 9.59 Å². The number of amides is 2. The largest absolute Gasteiger partial charge is 0.348 e. The average Bonchev–Trinajstić information content (AvgIpc) is 2.92. The highest BCUT2D eigenvalue weighted by atomic mass is 16.2. The minimum absolute atomic E-state index is 0.219. The molecule has 0 aliphatic heterocycles. The van der Waals surface area contributed by atoms with Crippen LogP contribution in [-0.2, 0) is 9.59 Å². The number of hydrogen-bond donors (Lipinski definition) is 2. The summed E-state index contributed by atoms with van der Waals surface area (Å²) in [5.41, 5.74) is 0. The molecule has 0 unspecified atom stereocenters. The first kappa shape index (κ1) is 14.4. The Hall–Kier alpha value is -1.06. The standard InChI is InChI=1S/C15H26N2O2/c18-14(15(19)17-13-8-4-5-9-13)16-11-10-12-6-2-1-3-7-12/h12-13H,1-11H2,(H,16,18)(H,17,19). The van der Waals surface area contributed by atoms with Crippen molar-refractivity contribution in [3.05, 3.63) is 0 Å². The van der Waals surface area contributed by atoms with Crippen LogP contribution in [0.2, 0.25) is 0 Å². The van der Waals surface area contributed by atoms with Gasteiger partial charge in [0.25, 0.3) is 0 Å². The van der Waals surface area contributed by atoms with Gasteiger partial charge in [-0.05, 0) is 25.2 Å². The van der Waals surface area contributed by atoms with Crippen LogP contribution in [0.5, 0.6) is 0 Å². The van der Waals surface area contributed by atoms with Crippen molar-refractivity contribution in [1.82, 2.24) is 10.6 Å². The Bertz CT molecular complexity index is 305. The SMILES string of the molecule is O=C(NCCC1CCCCC1)C(=O)NC1CCCC1. The second-order valence-corrected chi connectivity index (χ2v) is 6.00. The quantitative estimate of drug-likeness (QED) is 0.766. The van der Waals surface area contributed by atoms with Crippen LogP contribution in [0.1, 0.15) is 64.2 Å². The summed E-state index contributed by atoms with van der Waals surface area (Å²) in [6.07, 6.45) is 11.9. The normalized spacial score (nSPS) is 21.3. The summed E-state index contributed by atoms with van der Waals surface area (Å²) in [6.45, 7) is 0.640. The average molecular weight is 266 g/mol. The van der Waals surface area contributed by atoms with Crippen molar-refractivity contribution in [2.24, 2.45) is 5.92 Å². The molecule has 0 bridgehead atoms. The van der Waals surface area contributed by atoms with Gasteiger partial charge in [0.05, 0.1) is 0 Å². The van der Waals surface area contributed by atoms with Crippen molar-refractivity contribution >= 4 is 11.8 Å². The molecule has 0 aromatic carbocycles. The molecule has 4 nitrogen and oxygen atoms in total. The van der Waals surface area contributed by atoms with E-state index >= 15 is 0 Å². The van der Waals surface area contributed by atoms with Gasteiger partial charge in [0, 0.05) is 12.6 Å². The van der Waals surface area contributed by atoms with Gasteiger partial charge in [0.15, 0.2) is 0 Å². The fourth-order valence-corrected chi connectivity index (χ4v) is 3.27. The first-order valence-electron chi connectivity index (χ1n) is 7.84. The second kappa shape index (κ2) is 7.51. The van der Waals surface area contributed by atoms with Crippen molar-refractivity contribution < 1.29 is 9.59 Å². The molecule has 0 aromatic heterocycles. The molecule has 2 aliphatic rings. The summed E-state index contributed by atoms with van der Waals surface area (Å²) in [6, 6.07) is 0.219. The van der Waals surface area contributed by atoms with Crippen LogP contribution >= 0.6 is 0 Å². The molecular formula is C15H26N2O2. The Morgan fingerprint density at radius 3 is 2.16 bits per heavy atom. The maximum Gasteiger partial charge on any atom is 0.309 e. The summed E-state index contributed by atoms with van der Waals surface area (Å²) < 4.78 is 0. The zero-order chi connectivity index (χ0) is 13.5. The monoisotopic (exact) mass is 266 g/mol. The number of nitrogens with one attached hydrogen (secondary N) is 2. The van der Waals surface area contributed by atoms with Crippen LogP contribution in [0.15, 0.2) is 0 Å². The van der Waals surface area contributed by atoms with Crippen LogP contribution in [0.4, 0.5) is 0 Å². The van der Waals surface area contributed by atoms with E-state index in [2.05, 4.69) is 10.6 Å². The number of hydrogen-bond acceptors (Lipinski definition) is 2. The Morgan fingerprint density at radius 1 is 0.842 bits per heavy atom. The molecule has 0 heterocycles. The summed E-state index contributed by atoms with van der Waals surface area (Å²) in [4.78, 5) is 23.3. The summed E-state index contributed by atoms with van der Waals surface area (Å²) in [5, 5.41) is 5.57. The highest BCUT2D eigenvalue weighted by molar-refractivity contribution is 6.35. The third-order valence-corrected chi connectivity index (χ3v) is 4.46. The zero-order valence-corrected chi connectivity index (χ0v) is 11.7. The molecule has 2 amide bonds. The molecule has 0 saturated heterocycles. The lowest BCUT2D eigenvalue weighted by Crippen LogP contribution is -2.44. The molecule has 2 fully saturated rings. The van der Waals surface area contributed by atoms with Gasteiger partial charge in [-0.25, -0.2) is 0 Å². The van der Waals surface area contributed by atoms with Crippen LogP contribution < -0.4 is 10.6 Å². The maximum absolute atomic E-state index is 11.7. The number of rotatable bonds is 4. The Morgan fingerprint density at radius 2 is 1.47 bits per heavy atom. The van der Waals surface area contributed by atoms with Crippen LogP contribution in [0.3, 0.4) is 0 Å². The Labute approximate surface area is 115 Å². The fourth-order valence-electron chi connectivity index (χ4n) is 3.27. The van der Waals surface area contributed by atoms with Crippen molar-refractivity contribution in [1.29, 1.82) is 0 Å². The van der Waals surface area contributed by atoms with Gasteiger partial charge < -0.3 is 10.6 Å². The minimum atomic E-state index is -0.456. The van der Waals surface area contributed by atoms with Crippen molar-refractivity contribution in [3.8, 4) is 0 Å². The molecule has 0 spiro atoms. The van der Waals surface area contributed by atoms with E-state index in [9.17, 15) is 9.59 Å². The van der Waals surface area contributed by atoms with Gasteiger partial charge in [0.2, 0.25) is 0 Å². The van der Waals surface area contributed by atoms with Gasteiger partial charge in [-0.1, -0.05) is 44.9 Å². The third kappa shape index (κ3) is 4.84. The summed E-state index contributed by atoms with van der Waals surface area (Å²) in [5.74, 6) is -0.162. The molecule has 4 heteroatoms. The zero-order valence-electron chi connectivity index (χ0n) is 11.7. The molecule has 2 saturated carbocycles. The summed E-state index contributed by atoms with van der Waals surface area (Å²) in [7, 11) is 0. The fraction of sp³-hybridized carbons (Fsp3) is 0.867. The first-order valence-corrected chi connectivity index (χ1v) is 7.84. The van der Waals surface area contributed by atoms with E-state index in [1.807, 2.05) is 0 Å². The van der Waals surface area contributed by atoms with E-state index in [1.165, 1.54) is 32.1 Å². The molecule has 2 N–H and O–H groups in total. The molecule has 0 atom stereocenters. The van der Waals surface area contributed by atoms with E-state index in [4.69, 9.17) is 0 Å². The highest BCUT2D eigenvalue weighted by Gasteiger charge is 2.21. The highest BCUT2D eigenvalue weighted by Crippen LogP contribution is 2.25. The van der Waals surface area contributed by atoms with Gasteiger partial charge in [-0.2, -0.15) is 0 Å². The molecule has 2 rings (SSSR count). The lowest BCUT2D eigenvalue weighted by Gasteiger charge is -2.21. The van der Waals surface area contributed by atoms with E-state index in [0.29, 0.717) is 6.54 Å². The van der Waals surface area contributed by atoms with Crippen molar-refractivity contribution in [2.75, 3.05) is 6.54 Å². The molecule has 19 heavy (non-hydrogen) atoms.